The average molecular weight is 342 g/mol. The van der Waals surface area contributed by atoms with E-state index in [1.807, 2.05) is 59.7 Å². The van der Waals surface area contributed by atoms with Gasteiger partial charge in [-0.25, -0.2) is 0 Å². The molecule has 4 nitrogen and oxygen atoms in total. The Morgan fingerprint density at radius 3 is 2.54 bits per heavy atom. The summed E-state index contributed by atoms with van der Waals surface area (Å²) in [5, 5.41) is 0. The average Bonchev–Trinajstić information content (AvgIpc) is 3.03. The zero-order valence-electron chi connectivity index (χ0n) is 13.9. The normalized spacial score (nSPS) is 20.2. The van der Waals surface area contributed by atoms with Crippen LogP contribution in [0.1, 0.15) is 21.8 Å². The molecule has 0 aromatic heterocycles. The summed E-state index contributed by atoms with van der Waals surface area (Å²) in [5.74, 6) is 1.04. The van der Waals surface area contributed by atoms with Gasteiger partial charge in [-0.3, -0.25) is 4.79 Å². The Kier molecular flexibility index (Phi) is 5.11. The second kappa shape index (κ2) is 7.28. The number of nitrogens with zero attached hydrogens (tertiary/aromatic N) is 1. The molecule has 1 fully saturated rings. The van der Waals surface area contributed by atoms with Gasteiger partial charge in [0.2, 0.25) is 0 Å². The molecule has 1 aliphatic rings. The van der Waals surface area contributed by atoms with Gasteiger partial charge in [-0.1, -0.05) is 24.3 Å². The molecule has 0 saturated carbocycles. The van der Waals surface area contributed by atoms with Crippen LogP contribution < -0.4 is 10.5 Å². The quantitative estimate of drug-likeness (QED) is 0.868. The van der Waals surface area contributed by atoms with Crippen molar-refractivity contribution in [1.82, 2.24) is 4.90 Å². The van der Waals surface area contributed by atoms with Crippen molar-refractivity contribution in [3.63, 3.8) is 0 Å². The number of benzene rings is 2. The highest BCUT2D eigenvalue weighted by atomic mass is 32.2. The Morgan fingerprint density at radius 1 is 1.17 bits per heavy atom. The van der Waals surface area contributed by atoms with Crippen LogP contribution >= 0.6 is 11.8 Å². The molecule has 2 N–H and O–H groups in total. The lowest BCUT2D eigenvalue weighted by molar-refractivity contribution is 0.0785. The fraction of sp³-hybridized carbons (Fsp3) is 0.316. The number of carbonyl (C=O) groups excluding carboxylic acids is 1. The molecule has 0 unspecified atom stereocenters. The van der Waals surface area contributed by atoms with E-state index in [1.165, 1.54) is 0 Å². The Balaban J connectivity index is 1.78. The molecule has 3 rings (SSSR count). The van der Waals surface area contributed by atoms with E-state index in [0.29, 0.717) is 13.1 Å². The molecule has 1 amide bonds. The first-order chi connectivity index (χ1) is 11.6. The molecule has 2 aromatic rings. The van der Waals surface area contributed by atoms with Gasteiger partial charge < -0.3 is 15.4 Å². The molecule has 0 spiro atoms. The van der Waals surface area contributed by atoms with E-state index in [4.69, 9.17) is 10.5 Å². The van der Waals surface area contributed by atoms with Gasteiger partial charge >= 0.3 is 0 Å². The van der Waals surface area contributed by atoms with E-state index in [9.17, 15) is 4.79 Å². The summed E-state index contributed by atoms with van der Waals surface area (Å²) in [5.41, 5.74) is 8.23. The Bertz CT molecular complexity index is 718. The molecule has 0 bridgehead atoms. The lowest BCUT2D eigenvalue weighted by atomic mass is 9.95. The van der Waals surface area contributed by atoms with Crippen molar-refractivity contribution in [3.8, 4) is 5.75 Å². The number of thioether (sulfide) groups is 1. The summed E-state index contributed by atoms with van der Waals surface area (Å²) in [6.07, 6.45) is 1.99. The van der Waals surface area contributed by atoms with E-state index in [0.717, 1.165) is 21.8 Å². The summed E-state index contributed by atoms with van der Waals surface area (Å²) in [7, 11) is 1.65. The second-order valence-electron chi connectivity index (χ2n) is 5.95. The number of amides is 1. The van der Waals surface area contributed by atoms with E-state index >= 15 is 0 Å². The minimum absolute atomic E-state index is 0.0520. The van der Waals surface area contributed by atoms with Crippen LogP contribution in [0, 0.1) is 0 Å². The second-order valence-corrected chi connectivity index (χ2v) is 6.80. The summed E-state index contributed by atoms with van der Waals surface area (Å²) >= 11 is 1.59. The summed E-state index contributed by atoms with van der Waals surface area (Å²) < 4.78 is 5.20. The van der Waals surface area contributed by atoms with Crippen molar-refractivity contribution in [2.75, 3.05) is 26.5 Å². The van der Waals surface area contributed by atoms with Crippen LogP contribution in [0.3, 0.4) is 0 Å². The Labute approximate surface area is 147 Å². The SMILES string of the molecule is COc1ccc([C@H]2CN(C(=O)c3ccccc3SC)C[C@@H]2N)cc1. The van der Waals surface area contributed by atoms with E-state index < -0.39 is 0 Å². The first kappa shape index (κ1) is 16.9. The fourth-order valence-corrected chi connectivity index (χ4v) is 3.78. The topological polar surface area (TPSA) is 55.6 Å². The van der Waals surface area contributed by atoms with Crippen LogP contribution in [0.4, 0.5) is 0 Å². The molecule has 1 heterocycles. The molecule has 24 heavy (non-hydrogen) atoms. The maximum Gasteiger partial charge on any atom is 0.255 e. The fourth-order valence-electron chi connectivity index (χ4n) is 3.19. The van der Waals surface area contributed by atoms with E-state index in [-0.39, 0.29) is 17.9 Å². The predicted molar refractivity (Wildman–Crippen MR) is 97.8 cm³/mol. The van der Waals surface area contributed by atoms with Crippen LogP contribution in [0.5, 0.6) is 5.75 Å². The molecule has 2 aromatic carbocycles. The third-order valence-corrected chi connectivity index (χ3v) is 5.33. The van der Waals surface area contributed by atoms with Gasteiger partial charge in [-0.15, -0.1) is 11.8 Å². The number of methoxy groups -OCH3 is 1. The lowest BCUT2D eigenvalue weighted by Gasteiger charge is -2.18. The van der Waals surface area contributed by atoms with Crippen molar-refractivity contribution in [3.05, 3.63) is 59.7 Å². The van der Waals surface area contributed by atoms with Crippen LogP contribution in [-0.4, -0.2) is 43.3 Å². The Hall–Kier alpha value is -1.98. The predicted octanol–water partition coefficient (Wildman–Crippen LogP) is 2.98. The molecule has 0 aliphatic carbocycles. The number of ether oxygens (including phenoxy) is 1. The number of rotatable bonds is 4. The summed E-state index contributed by atoms with van der Waals surface area (Å²) in [6.45, 7) is 1.23. The van der Waals surface area contributed by atoms with Crippen molar-refractivity contribution in [2.45, 2.75) is 16.9 Å². The van der Waals surface area contributed by atoms with Crippen molar-refractivity contribution < 1.29 is 9.53 Å². The smallest absolute Gasteiger partial charge is 0.255 e. The number of hydrogen-bond acceptors (Lipinski definition) is 4. The molecular weight excluding hydrogens is 320 g/mol. The lowest BCUT2D eigenvalue weighted by Crippen LogP contribution is -2.32. The summed E-state index contributed by atoms with van der Waals surface area (Å²) in [4.78, 5) is 15.8. The van der Waals surface area contributed by atoms with Gasteiger partial charge in [0.15, 0.2) is 0 Å². The maximum absolute atomic E-state index is 12.9. The molecule has 5 heteroatoms. The van der Waals surface area contributed by atoms with E-state index in [2.05, 4.69) is 0 Å². The van der Waals surface area contributed by atoms with Crippen molar-refractivity contribution >= 4 is 17.7 Å². The maximum atomic E-state index is 12.9. The first-order valence-electron chi connectivity index (χ1n) is 7.96. The molecule has 126 valence electrons. The van der Waals surface area contributed by atoms with Gasteiger partial charge in [-0.2, -0.15) is 0 Å². The standard InChI is InChI=1S/C19H22N2O2S/c1-23-14-9-7-13(8-10-14)16-11-21(12-17(16)20)19(22)15-5-3-4-6-18(15)24-2/h3-10,16-17H,11-12,20H2,1-2H3/t16-,17+/m1/s1. The highest BCUT2D eigenvalue weighted by Crippen LogP contribution is 2.30. The van der Waals surface area contributed by atoms with Gasteiger partial charge in [0, 0.05) is 29.9 Å². The molecular formula is C19H22N2O2S. The van der Waals surface area contributed by atoms with E-state index in [1.54, 1.807) is 18.9 Å². The minimum atomic E-state index is -0.0520. The van der Waals surface area contributed by atoms with Crippen LogP contribution in [0.25, 0.3) is 0 Å². The number of carbonyl (C=O) groups is 1. The molecule has 1 aliphatic heterocycles. The highest BCUT2D eigenvalue weighted by Gasteiger charge is 2.34. The highest BCUT2D eigenvalue weighted by molar-refractivity contribution is 7.98. The number of likely N-dealkylation sites (tertiary alicyclic amines) is 1. The third kappa shape index (κ3) is 3.28. The Morgan fingerprint density at radius 2 is 1.88 bits per heavy atom. The molecule has 1 saturated heterocycles. The van der Waals surface area contributed by atoms with Gasteiger partial charge in [0.1, 0.15) is 5.75 Å². The van der Waals surface area contributed by atoms with Crippen LogP contribution in [0.15, 0.2) is 53.4 Å². The number of hydrogen-bond donors (Lipinski definition) is 1. The monoisotopic (exact) mass is 342 g/mol. The van der Waals surface area contributed by atoms with Gasteiger partial charge in [0.05, 0.1) is 12.7 Å². The zero-order valence-corrected chi connectivity index (χ0v) is 14.8. The van der Waals surface area contributed by atoms with Crippen molar-refractivity contribution in [2.24, 2.45) is 5.73 Å². The van der Waals surface area contributed by atoms with Crippen LogP contribution in [0.2, 0.25) is 0 Å². The van der Waals surface area contributed by atoms with Gasteiger partial charge in [0.25, 0.3) is 5.91 Å². The van der Waals surface area contributed by atoms with Crippen LogP contribution in [-0.2, 0) is 0 Å². The molecule has 2 atom stereocenters. The summed E-state index contributed by atoms with van der Waals surface area (Å²) in [6, 6.07) is 15.6. The zero-order chi connectivity index (χ0) is 17.1. The minimum Gasteiger partial charge on any atom is -0.497 e. The van der Waals surface area contributed by atoms with Gasteiger partial charge in [-0.05, 0) is 36.1 Å². The third-order valence-electron chi connectivity index (χ3n) is 4.53. The first-order valence-corrected chi connectivity index (χ1v) is 9.18. The molecule has 0 radical (unpaired) electrons. The van der Waals surface area contributed by atoms with Crippen molar-refractivity contribution in [1.29, 1.82) is 0 Å². The largest absolute Gasteiger partial charge is 0.497 e. The number of nitrogens with two attached hydrogens (primary N) is 1.